The number of ether oxygens (including phenoxy) is 2. The molecule has 0 aromatic rings. The van der Waals surface area contributed by atoms with E-state index >= 15 is 0 Å². The van der Waals surface area contributed by atoms with Crippen molar-refractivity contribution in [2.24, 2.45) is 0 Å². The van der Waals surface area contributed by atoms with Gasteiger partial charge in [0.05, 0.1) is 30.3 Å². The van der Waals surface area contributed by atoms with Gasteiger partial charge in [-0.05, 0) is 33.6 Å². The van der Waals surface area contributed by atoms with E-state index in [1.54, 1.807) is 4.90 Å². The van der Waals surface area contributed by atoms with E-state index in [1.807, 2.05) is 20.8 Å². The summed E-state index contributed by atoms with van der Waals surface area (Å²) in [4.78, 5) is 13.9. The summed E-state index contributed by atoms with van der Waals surface area (Å²) in [5.41, 5.74) is -1.15. The number of piperidine rings is 1. The second-order valence-electron chi connectivity index (χ2n) is 8.18. The van der Waals surface area contributed by atoms with Crippen molar-refractivity contribution in [3.05, 3.63) is 0 Å². The highest BCUT2D eigenvalue weighted by Crippen LogP contribution is 2.35. The fraction of sp³-hybridized carbons (Fsp3) is 0.933. The van der Waals surface area contributed by atoms with Crippen molar-refractivity contribution in [3.8, 4) is 0 Å². The van der Waals surface area contributed by atoms with Crippen molar-refractivity contribution in [1.29, 1.82) is 0 Å². The number of sulfone groups is 1. The van der Waals surface area contributed by atoms with Gasteiger partial charge in [-0.1, -0.05) is 0 Å². The van der Waals surface area contributed by atoms with Crippen LogP contribution in [-0.4, -0.2) is 73.9 Å². The Hall–Kier alpha value is -0.860. The second-order valence-corrected chi connectivity index (χ2v) is 10.2. The molecule has 0 atom stereocenters. The van der Waals surface area contributed by atoms with Crippen LogP contribution in [0.5, 0.6) is 0 Å². The Morgan fingerprint density at radius 2 is 1.70 bits per heavy atom. The summed E-state index contributed by atoms with van der Waals surface area (Å²) >= 11 is 0. The molecule has 3 rings (SSSR count). The maximum atomic E-state index is 12.1. The van der Waals surface area contributed by atoms with Crippen LogP contribution in [0.3, 0.4) is 0 Å². The van der Waals surface area contributed by atoms with Gasteiger partial charge in [-0.15, -0.1) is 0 Å². The predicted molar refractivity (Wildman–Crippen MR) is 85.1 cm³/mol. The van der Waals surface area contributed by atoms with Crippen LogP contribution in [0.2, 0.25) is 0 Å². The lowest BCUT2D eigenvalue weighted by molar-refractivity contribution is -0.0582. The Bertz CT molecular complexity index is 575. The number of morpholine rings is 1. The molecule has 0 bridgehead atoms. The van der Waals surface area contributed by atoms with Crippen LogP contribution in [0.4, 0.5) is 4.79 Å². The molecule has 3 aliphatic rings. The van der Waals surface area contributed by atoms with E-state index in [0.717, 1.165) is 12.8 Å². The number of carbonyl (C=O) groups excluding carboxylic acids is 1. The highest BCUT2D eigenvalue weighted by Gasteiger charge is 2.55. The number of rotatable bonds is 0. The van der Waals surface area contributed by atoms with Crippen molar-refractivity contribution in [2.45, 2.75) is 50.3 Å². The van der Waals surface area contributed by atoms with Gasteiger partial charge < -0.3 is 14.4 Å². The number of carbonyl (C=O) groups is 1. The first-order valence-electron chi connectivity index (χ1n) is 8.08. The first-order valence-corrected chi connectivity index (χ1v) is 9.90. The molecule has 1 N–H and O–H groups in total. The van der Waals surface area contributed by atoms with Crippen LogP contribution in [-0.2, 0) is 19.3 Å². The topological polar surface area (TPSA) is 84.9 Å². The molecular formula is C15H26N2O5S. The summed E-state index contributed by atoms with van der Waals surface area (Å²) in [5.74, 6) is 0.301. The first kappa shape index (κ1) is 17.0. The minimum absolute atomic E-state index is 0.150. The third-order valence-electron chi connectivity index (χ3n) is 4.65. The summed E-state index contributed by atoms with van der Waals surface area (Å²) in [6.07, 6.45) is 1.20. The van der Waals surface area contributed by atoms with Gasteiger partial charge in [0.15, 0.2) is 9.84 Å². The minimum Gasteiger partial charge on any atom is -0.444 e. The molecule has 0 unspecified atom stereocenters. The van der Waals surface area contributed by atoms with E-state index < -0.39 is 21.0 Å². The number of nitrogens with zero attached hydrogens (tertiary/aromatic N) is 1. The lowest BCUT2D eigenvalue weighted by Crippen LogP contribution is -2.77. The Morgan fingerprint density at radius 3 is 2.22 bits per heavy atom. The molecule has 3 heterocycles. The fourth-order valence-electron chi connectivity index (χ4n) is 3.74. The molecule has 8 heteroatoms. The van der Waals surface area contributed by atoms with Crippen molar-refractivity contribution < 1.29 is 22.7 Å². The zero-order valence-corrected chi connectivity index (χ0v) is 14.9. The molecule has 0 aromatic heterocycles. The molecule has 2 spiro atoms. The normalized spacial score (nSPS) is 28.4. The van der Waals surface area contributed by atoms with E-state index in [-0.39, 0.29) is 23.1 Å². The van der Waals surface area contributed by atoms with Crippen LogP contribution in [0.15, 0.2) is 0 Å². The summed E-state index contributed by atoms with van der Waals surface area (Å²) < 4.78 is 34.2. The van der Waals surface area contributed by atoms with Crippen LogP contribution >= 0.6 is 0 Å². The van der Waals surface area contributed by atoms with Crippen LogP contribution < -0.4 is 5.32 Å². The zero-order valence-electron chi connectivity index (χ0n) is 14.1. The maximum absolute atomic E-state index is 12.1. The molecule has 0 aliphatic carbocycles. The second kappa shape index (κ2) is 5.32. The van der Waals surface area contributed by atoms with Gasteiger partial charge in [0.2, 0.25) is 0 Å². The van der Waals surface area contributed by atoms with Gasteiger partial charge in [-0.2, -0.15) is 0 Å². The Kier molecular flexibility index (Phi) is 3.93. The smallest absolute Gasteiger partial charge is 0.410 e. The first-order chi connectivity index (χ1) is 10.5. The fourth-order valence-corrected chi connectivity index (χ4v) is 5.66. The number of hydrogen-bond acceptors (Lipinski definition) is 6. The Labute approximate surface area is 137 Å². The van der Waals surface area contributed by atoms with Gasteiger partial charge in [0.25, 0.3) is 0 Å². The van der Waals surface area contributed by atoms with Gasteiger partial charge >= 0.3 is 6.09 Å². The van der Waals surface area contributed by atoms with Crippen molar-refractivity contribution in [1.82, 2.24) is 10.2 Å². The zero-order chi connectivity index (χ0) is 16.9. The number of nitrogens with one attached hydrogen (secondary N) is 1. The standard InChI is InChI=1S/C15H26N2O5S/c1-13(2,3)22-12(18)17-6-4-14(5-7-17)8-21-9-15(16-14)10-23(19,20)11-15/h16H,4-11H2,1-3H3. The number of amides is 1. The van der Waals surface area contributed by atoms with Crippen LogP contribution in [0.25, 0.3) is 0 Å². The van der Waals surface area contributed by atoms with Gasteiger partial charge in [-0.3, -0.25) is 5.32 Å². The summed E-state index contributed by atoms with van der Waals surface area (Å²) in [7, 11) is -2.92. The molecule has 0 aromatic carbocycles. The molecule has 23 heavy (non-hydrogen) atoms. The minimum atomic E-state index is -2.92. The van der Waals surface area contributed by atoms with Crippen molar-refractivity contribution in [2.75, 3.05) is 37.8 Å². The van der Waals surface area contributed by atoms with Gasteiger partial charge in [-0.25, -0.2) is 13.2 Å². The lowest BCUT2D eigenvalue weighted by Gasteiger charge is -2.54. The van der Waals surface area contributed by atoms with E-state index in [0.29, 0.717) is 26.3 Å². The molecule has 1 amide bonds. The third-order valence-corrected chi connectivity index (χ3v) is 6.64. The Morgan fingerprint density at radius 1 is 1.13 bits per heavy atom. The monoisotopic (exact) mass is 346 g/mol. The van der Waals surface area contributed by atoms with E-state index in [4.69, 9.17) is 9.47 Å². The van der Waals surface area contributed by atoms with Gasteiger partial charge in [0.1, 0.15) is 5.60 Å². The molecule has 3 fully saturated rings. The molecule has 3 saturated heterocycles. The average molecular weight is 346 g/mol. The average Bonchev–Trinajstić information content (AvgIpc) is 2.35. The van der Waals surface area contributed by atoms with Crippen LogP contribution in [0.1, 0.15) is 33.6 Å². The molecular weight excluding hydrogens is 320 g/mol. The summed E-state index contributed by atoms with van der Waals surface area (Å²) in [6.45, 7) is 7.76. The number of likely N-dealkylation sites (tertiary alicyclic amines) is 1. The van der Waals surface area contributed by atoms with E-state index in [2.05, 4.69) is 5.32 Å². The van der Waals surface area contributed by atoms with Gasteiger partial charge in [0, 0.05) is 18.6 Å². The maximum Gasteiger partial charge on any atom is 0.410 e. The lowest BCUT2D eigenvalue weighted by atomic mass is 9.83. The molecule has 0 radical (unpaired) electrons. The van der Waals surface area contributed by atoms with Crippen LogP contribution in [0, 0.1) is 0 Å². The van der Waals surface area contributed by atoms with E-state index in [1.165, 1.54) is 0 Å². The third kappa shape index (κ3) is 3.64. The van der Waals surface area contributed by atoms with Crippen molar-refractivity contribution in [3.63, 3.8) is 0 Å². The Balaban J connectivity index is 1.59. The highest BCUT2D eigenvalue weighted by atomic mass is 32.2. The quantitative estimate of drug-likeness (QED) is 0.689. The largest absolute Gasteiger partial charge is 0.444 e. The molecule has 3 aliphatic heterocycles. The predicted octanol–water partition coefficient (Wildman–Crippen LogP) is 0.543. The molecule has 0 saturated carbocycles. The highest BCUT2D eigenvalue weighted by molar-refractivity contribution is 7.93. The van der Waals surface area contributed by atoms with E-state index in [9.17, 15) is 13.2 Å². The summed E-state index contributed by atoms with van der Waals surface area (Å²) in [5, 5.41) is 3.56. The molecule has 132 valence electrons. The van der Waals surface area contributed by atoms with Crippen molar-refractivity contribution >= 4 is 15.9 Å². The summed E-state index contributed by atoms with van der Waals surface area (Å²) in [6, 6.07) is 0. The number of hydrogen-bond donors (Lipinski definition) is 1. The molecule has 7 nitrogen and oxygen atoms in total. The SMILES string of the molecule is CC(C)(C)OC(=O)N1CCC2(CC1)COCC1(CS(=O)(=O)C1)N2.